The van der Waals surface area contributed by atoms with E-state index in [0.29, 0.717) is 129 Å². The van der Waals surface area contributed by atoms with Crippen LogP contribution in [-0.2, 0) is 18.9 Å². The van der Waals surface area contributed by atoms with Gasteiger partial charge in [-0.1, -0.05) is 0 Å². The molecule has 4 saturated heterocycles. The van der Waals surface area contributed by atoms with Crippen LogP contribution < -0.4 is 24.3 Å². The van der Waals surface area contributed by atoms with Crippen LogP contribution >= 0.6 is 0 Å². The van der Waals surface area contributed by atoms with E-state index in [2.05, 4.69) is 39.5 Å². The van der Waals surface area contributed by atoms with E-state index < -0.39 is 0 Å². The molecule has 37 heavy (non-hydrogen) atoms. The maximum atomic E-state index is 6.15. The largest absolute Gasteiger partial charge is 0.388 e. The summed E-state index contributed by atoms with van der Waals surface area (Å²) in [4.78, 5) is 36.3. The van der Waals surface area contributed by atoms with Crippen LogP contribution in [0.5, 0.6) is 12.0 Å². The molecule has 200 valence electrons. The number of hydrogen-bond donors (Lipinski definition) is 0. The molecule has 2 aromatic rings. The normalized spacial score (nSPS) is 21.3. The van der Waals surface area contributed by atoms with Gasteiger partial charge in [-0.05, 0) is 0 Å². The summed E-state index contributed by atoms with van der Waals surface area (Å²) in [5.41, 5.74) is 0. The molecule has 6 heterocycles. The molecule has 0 radical (unpaired) electrons. The zero-order valence-electron chi connectivity index (χ0n) is 20.8. The van der Waals surface area contributed by atoms with E-state index in [0.717, 1.165) is 0 Å². The molecule has 4 aliphatic heterocycles. The highest BCUT2D eigenvalue weighted by molar-refractivity contribution is 5.43. The molecule has 6 rings (SSSR count). The fourth-order valence-electron chi connectivity index (χ4n) is 4.46. The SMILES string of the molecule is C1CN(c2nc(Oc3nc(N4CCOCC4)nc(N4CCOCC4)n3)nc(N3CCOCC3)n2)CCO1. The summed E-state index contributed by atoms with van der Waals surface area (Å²) in [5.74, 6) is 2.19. The van der Waals surface area contributed by atoms with Crippen molar-refractivity contribution in [3.05, 3.63) is 0 Å². The Balaban J connectivity index is 1.32. The molecule has 15 heteroatoms. The van der Waals surface area contributed by atoms with E-state index in [1.807, 2.05) is 0 Å². The number of anilines is 4. The monoisotopic (exact) mass is 516 g/mol. The smallest absolute Gasteiger partial charge is 0.331 e. The van der Waals surface area contributed by atoms with Crippen molar-refractivity contribution >= 4 is 23.8 Å². The molecule has 4 fully saturated rings. The van der Waals surface area contributed by atoms with E-state index in [1.54, 1.807) is 0 Å². The minimum Gasteiger partial charge on any atom is -0.388 e. The van der Waals surface area contributed by atoms with Crippen molar-refractivity contribution < 1.29 is 23.7 Å². The third-order valence-corrected chi connectivity index (χ3v) is 6.54. The van der Waals surface area contributed by atoms with Crippen molar-refractivity contribution in [1.82, 2.24) is 29.9 Å². The average Bonchev–Trinajstić information content (AvgIpc) is 2.99. The first-order valence-electron chi connectivity index (χ1n) is 12.8. The average molecular weight is 517 g/mol. The van der Waals surface area contributed by atoms with Crippen molar-refractivity contribution in [1.29, 1.82) is 0 Å². The van der Waals surface area contributed by atoms with Crippen LogP contribution in [0.2, 0.25) is 0 Å². The Kier molecular flexibility index (Phi) is 7.52. The number of rotatable bonds is 6. The van der Waals surface area contributed by atoms with Gasteiger partial charge in [0.1, 0.15) is 0 Å². The Bertz CT molecular complexity index is 887. The van der Waals surface area contributed by atoms with E-state index in [1.165, 1.54) is 0 Å². The van der Waals surface area contributed by atoms with Gasteiger partial charge < -0.3 is 43.3 Å². The van der Waals surface area contributed by atoms with Crippen LogP contribution in [0.4, 0.5) is 23.8 Å². The predicted octanol–water partition coefficient (Wildman–Crippen LogP) is -0.805. The Hall–Kier alpha value is -3.14. The zero-order valence-corrected chi connectivity index (χ0v) is 20.8. The molecule has 0 unspecified atom stereocenters. The van der Waals surface area contributed by atoms with Crippen LogP contribution in [0.15, 0.2) is 0 Å². The summed E-state index contributed by atoms with van der Waals surface area (Å²) in [5, 5.41) is 0. The molecule has 0 N–H and O–H groups in total. The molecule has 0 saturated carbocycles. The van der Waals surface area contributed by atoms with Gasteiger partial charge in [-0.3, -0.25) is 0 Å². The van der Waals surface area contributed by atoms with Gasteiger partial charge >= 0.3 is 12.0 Å². The molecule has 0 bridgehead atoms. The van der Waals surface area contributed by atoms with Gasteiger partial charge in [0, 0.05) is 52.4 Å². The lowest BCUT2D eigenvalue weighted by molar-refractivity contribution is 0.121. The van der Waals surface area contributed by atoms with Crippen LogP contribution in [0.3, 0.4) is 0 Å². The third-order valence-electron chi connectivity index (χ3n) is 6.54. The second kappa shape index (κ2) is 11.5. The molecule has 2 aromatic heterocycles. The third kappa shape index (κ3) is 5.89. The summed E-state index contributed by atoms with van der Waals surface area (Å²) >= 11 is 0. The highest BCUT2D eigenvalue weighted by Gasteiger charge is 2.24. The minimum absolute atomic E-state index is 0.144. The standard InChI is InChI=1S/C22H32N10O5/c1-9-33-10-2-29(1)17-23-18(30-3-11-34-12-4-30)26-21(25-17)37-22-27-19(31-5-13-35-14-6-31)24-20(28-22)32-7-15-36-16-8-32/h1-16H2. The van der Waals surface area contributed by atoms with Gasteiger partial charge in [0.15, 0.2) is 0 Å². The topological polar surface area (TPSA) is 136 Å². The maximum absolute atomic E-state index is 6.15. The van der Waals surface area contributed by atoms with Crippen LogP contribution in [0.25, 0.3) is 0 Å². The minimum atomic E-state index is 0.144. The van der Waals surface area contributed by atoms with Gasteiger partial charge in [0.25, 0.3) is 0 Å². The molecule has 0 aromatic carbocycles. The summed E-state index contributed by atoms with van der Waals surface area (Å²) < 4.78 is 28.2. The van der Waals surface area contributed by atoms with Crippen molar-refractivity contribution in [2.45, 2.75) is 0 Å². The molecule has 15 nitrogen and oxygen atoms in total. The first-order chi connectivity index (χ1) is 18.3. The maximum Gasteiger partial charge on any atom is 0.331 e. The molecule has 0 spiro atoms. The van der Waals surface area contributed by atoms with Gasteiger partial charge in [-0.15, -0.1) is 0 Å². The van der Waals surface area contributed by atoms with E-state index in [9.17, 15) is 0 Å². The first-order valence-corrected chi connectivity index (χ1v) is 12.8. The molecule has 0 atom stereocenters. The van der Waals surface area contributed by atoms with Crippen LogP contribution in [0.1, 0.15) is 0 Å². The Morgan fingerprint density at radius 3 is 0.865 bits per heavy atom. The van der Waals surface area contributed by atoms with Gasteiger partial charge in [0.2, 0.25) is 23.8 Å². The Labute approximate surface area is 214 Å². The van der Waals surface area contributed by atoms with Gasteiger partial charge in [-0.2, -0.15) is 29.9 Å². The highest BCUT2D eigenvalue weighted by atomic mass is 16.5. The predicted molar refractivity (Wildman–Crippen MR) is 132 cm³/mol. The van der Waals surface area contributed by atoms with Crippen molar-refractivity contribution in [2.24, 2.45) is 0 Å². The highest BCUT2D eigenvalue weighted by Crippen LogP contribution is 2.25. The van der Waals surface area contributed by atoms with E-state index in [-0.39, 0.29) is 12.0 Å². The Morgan fingerprint density at radius 2 is 0.622 bits per heavy atom. The number of nitrogens with zero attached hydrogens (tertiary/aromatic N) is 10. The Morgan fingerprint density at radius 1 is 0.378 bits per heavy atom. The number of aromatic nitrogens is 6. The summed E-state index contributed by atoms with van der Waals surface area (Å²) in [6.45, 7) is 10.5. The van der Waals surface area contributed by atoms with E-state index >= 15 is 0 Å². The van der Waals surface area contributed by atoms with Crippen molar-refractivity contribution in [3.63, 3.8) is 0 Å². The summed E-state index contributed by atoms with van der Waals surface area (Å²) in [6, 6.07) is 0.287. The molecular formula is C22H32N10O5. The zero-order chi connectivity index (χ0) is 24.9. The second-order valence-electron chi connectivity index (χ2n) is 8.94. The van der Waals surface area contributed by atoms with Gasteiger partial charge in [-0.25, -0.2) is 0 Å². The first kappa shape index (κ1) is 24.2. The molecule has 0 amide bonds. The number of ether oxygens (including phenoxy) is 5. The molecule has 0 aliphatic carbocycles. The lowest BCUT2D eigenvalue weighted by atomic mass is 10.4. The summed E-state index contributed by atoms with van der Waals surface area (Å²) in [6.07, 6.45) is 0. The number of morpholine rings is 4. The summed E-state index contributed by atoms with van der Waals surface area (Å²) in [7, 11) is 0. The molecule has 4 aliphatic rings. The second-order valence-corrected chi connectivity index (χ2v) is 8.94. The van der Waals surface area contributed by atoms with Crippen LogP contribution in [0, 0.1) is 0 Å². The van der Waals surface area contributed by atoms with Crippen molar-refractivity contribution in [3.8, 4) is 12.0 Å². The van der Waals surface area contributed by atoms with E-state index in [4.69, 9.17) is 33.7 Å². The fourth-order valence-corrected chi connectivity index (χ4v) is 4.46. The lowest BCUT2D eigenvalue weighted by Gasteiger charge is -2.30. The van der Waals surface area contributed by atoms with Crippen LogP contribution in [-0.4, -0.2) is 135 Å². The fraction of sp³-hybridized carbons (Fsp3) is 0.727. The van der Waals surface area contributed by atoms with Gasteiger partial charge in [0.05, 0.1) is 52.9 Å². The lowest BCUT2D eigenvalue weighted by Crippen LogP contribution is -2.40. The molecular weight excluding hydrogens is 484 g/mol. The number of hydrogen-bond acceptors (Lipinski definition) is 15. The van der Waals surface area contributed by atoms with Crippen molar-refractivity contribution in [2.75, 3.05) is 125 Å². The quantitative estimate of drug-likeness (QED) is 0.473.